The molecule has 5 N–H and O–H groups in total. The van der Waals surface area contributed by atoms with E-state index in [1.807, 2.05) is 0 Å². The molecule has 0 aromatic heterocycles. The molecule has 14 heavy (non-hydrogen) atoms. The van der Waals surface area contributed by atoms with Crippen LogP contribution in [-0.4, -0.2) is 61.5 Å². The van der Waals surface area contributed by atoms with Gasteiger partial charge in [0.15, 0.2) is 0 Å². The van der Waals surface area contributed by atoms with Gasteiger partial charge in [-0.1, -0.05) is 0 Å². The van der Waals surface area contributed by atoms with E-state index in [-0.39, 0.29) is 0 Å². The molecule has 1 unspecified atom stereocenters. The summed E-state index contributed by atoms with van der Waals surface area (Å²) in [6, 6.07) is 0. The standard InChI is InChI=1S/C5H16O7Si2/c1-13(8,9)12-14(2,10)11-5(3-6)4-7/h5-10H,3-4H2,1-2H3. The Morgan fingerprint density at radius 3 is 1.79 bits per heavy atom. The van der Waals surface area contributed by atoms with Crippen molar-refractivity contribution in [3.05, 3.63) is 0 Å². The van der Waals surface area contributed by atoms with Crippen LogP contribution in [0.1, 0.15) is 0 Å². The van der Waals surface area contributed by atoms with Crippen LogP contribution in [0, 0.1) is 0 Å². The Balaban J connectivity index is 4.18. The monoisotopic (exact) mass is 244 g/mol. The van der Waals surface area contributed by atoms with Crippen molar-refractivity contribution in [2.75, 3.05) is 13.2 Å². The summed E-state index contributed by atoms with van der Waals surface area (Å²) in [6.07, 6.45) is -0.979. The molecule has 0 saturated carbocycles. The van der Waals surface area contributed by atoms with Crippen LogP contribution in [0.25, 0.3) is 0 Å². The third-order valence-electron chi connectivity index (χ3n) is 1.18. The fraction of sp³-hybridized carbons (Fsp3) is 1.00. The van der Waals surface area contributed by atoms with E-state index >= 15 is 0 Å². The molecule has 0 aromatic carbocycles. The zero-order valence-corrected chi connectivity index (χ0v) is 10.0. The highest BCUT2D eigenvalue weighted by atomic mass is 28.5. The highest BCUT2D eigenvalue weighted by Gasteiger charge is 2.42. The molecule has 0 aliphatic carbocycles. The summed E-state index contributed by atoms with van der Waals surface area (Å²) in [5.41, 5.74) is 0. The Hall–Kier alpha value is 0.154. The third kappa shape index (κ3) is 6.58. The second kappa shape index (κ2) is 5.30. The fourth-order valence-corrected chi connectivity index (χ4v) is 4.65. The first-order chi connectivity index (χ1) is 6.20. The molecule has 0 fully saturated rings. The molecule has 0 amide bonds. The lowest BCUT2D eigenvalue weighted by atomic mass is 10.4. The maximum Gasteiger partial charge on any atom is 0.488 e. The van der Waals surface area contributed by atoms with E-state index in [4.69, 9.17) is 24.2 Å². The molecular formula is C5H16O7Si2. The number of hydrogen-bond donors (Lipinski definition) is 5. The lowest BCUT2D eigenvalue weighted by Crippen LogP contribution is -2.53. The molecule has 0 spiro atoms. The summed E-state index contributed by atoms with van der Waals surface area (Å²) in [7, 11) is -7.56. The molecule has 0 aliphatic heterocycles. The second-order valence-corrected chi connectivity index (χ2v) is 7.75. The average Bonchev–Trinajstić information content (AvgIpc) is 1.95. The average molecular weight is 244 g/mol. The second-order valence-electron chi connectivity index (χ2n) is 3.04. The molecule has 7 nitrogen and oxygen atoms in total. The van der Waals surface area contributed by atoms with E-state index in [0.717, 1.165) is 6.55 Å². The molecule has 9 heteroatoms. The Morgan fingerprint density at radius 2 is 1.50 bits per heavy atom. The topological polar surface area (TPSA) is 120 Å². The van der Waals surface area contributed by atoms with Crippen molar-refractivity contribution in [1.82, 2.24) is 0 Å². The van der Waals surface area contributed by atoms with Crippen molar-refractivity contribution >= 4 is 17.6 Å². The van der Waals surface area contributed by atoms with Crippen LogP contribution < -0.4 is 0 Å². The summed E-state index contributed by atoms with van der Waals surface area (Å²) >= 11 is 0. The van der Waals surface area contributed by atoms with Crippen LogP contribution in [0.5, 0.6) is 0 Å². The Morgan fingerprint density at radius 1 is 1.07 bits per heavy atom. The molecule has 1 atom stereocenters. The van der Waals surface area contributed by atoms with Gasteiger partial charge in [-0.3, -0.25) is 0 Å². The van der Waals surface area contributed by atoms with E-state index in [1.165, 1.54) is 6.55 Å². The molecule has 0 aromatic rings. The van der Waals surface area contributed by atoms with Gasteiger partial charge < -0.3 is 33.1 Å². The van der Waals surface area contributed by atoms with Gasteiger partial charge in [0.2, 0.25) is 0 Å². The Bertz CT molecular complexity index is 164. The van der Waals surface area contributed by atoms with E-state index in [2.05, 4.69) is 4.12 Å². The third-order valence-corrected chi connectivity index (χ3v) is 5.01. The van der Waals surface area contributed by atoms with E-state index in [1.54, 1.807) is 0 Å². The van der Waals surface area contributed by atoms with Crippen LogP contribution in [0.3, 0.4) is 0 Å². The van der Waals surface area contributed by atoms with Gasteiger partial charge in [-0.25, -0.2) is 0 Å². The van der Waals surface area contributed by atoms with Gasteiger partial charge in [0.05, 0.1) is 19.3 Å². The van der Waals surface area contributed by atoms with Gasteiger partial charge in [0.1, 0.15) is 0 Å². The first-order valence-corrected chi connectivity index (χ1v) is 8.53. The van der Waals surface area contributed by atoms with Crippen LogP contribution in [0.4, 0.5) is 0 Å². The summed E-state index contributed by atoms with van der Waals surface area (Å²) in [5.74, 6) is 0. The predicted octanol–water partition coefficient (Wildman–Crippen LogP) is -2.51. The molecule has 0 heterocycles. The molecule has 0 saturated heterocycles. The largest absolute Gasteiger partial charge is 0.488 e. The highest BCUT2D eigenvalue weighted by Crippen LogP contribution is 2.10. The van der Waals surface area contributed by atoms with E-state index in [9.17, 15) is 4.80 Å². The summed E-state index contributed by atoms with van der Waals surface area (Å²) in [4.78, 5) is 27.4. The first kappa shape index (κ1) is 14.2. The van der Waals surface area contributed by atoms with Crippen LogP contribution in [-0.2, 0) is 8.54 Å². The van der Waals surface area contributed by atoms with Gasteiger partial charge in [0, 0.05) is 13.1 Å². The highest BCUT2D eigenvalue weighted by molar-refractivity contribution is 6.71. The molecule has 0 bridgehead atoms. The van der Waals surface area contributed by atoms with Crippen molar-refractivity contribution in [3.8, 4) is 0 Å². The molecule has 0 rings (SSSR count). The van der Waals surface area contributed by atoms with Crippen molar-refractivity contribution in [1.29, 1.82) is 0 Å². The van der Waals surface area contributed by atoms with Gasteiger partial charge in [-0.15, -0.1) is 0 Å². The molecule has 86 valence electrons. The Kier molecular flexibility index (Phi) is 5.35. The smallest absolute Gasteiger partial charge is 0.394 e. The maximum absolute atomic E-state index is 9.47. The summed E-state index contributed by atoms with van der Waals surface area (Å²) < 4.78 is 9.36. The first-order valence-electron chi connectivity index (χ1n) is 3.97. The Labute approximate surface area is 83.9 Å². The SMILES string of the molecule is C[Si](O)(O)O[Si](C)(O)OC(CO)CO. The lowest BCUT2D eigenvalue weighted by Gasteiger charge is -2.27. The fourth-order valence-electron chi connectivity index (χ4n) is 0.824. The summed E-state index contributed by atoms with van der Waals surface area (Å²) in [5, 5.41) is 17.3. The minimum Gasteiger partial charge on any atom is -0.394 e. The number of aliphatic hydroxyl groups excluding tert-OH is 2. The van der Waals surface area contributed by atoms with Crippen LogP contribution in [0.2, 0.25) is 13.1 Å². The van der Waals surface area contributed by atoms with Gasteiger partial charge >= 0.3 is 17.6 Å². The molecular weight excluding hydrogens is 228 g/mol. The van der Waals surface area contributed by atoms with E-state index < -0.39 is 36.9 Å². The van der Waals surface area contributed by atoms with Crippen molar-refractivity contribution < 1.29 is 33.1 Å². The molecule has 0 radical (unpaired) electrons. The van der Waals surface area contributed by atoms with Gasteiger partial charge in [-0.05, 0) is 0 Å². The van der Waals surface area contributed by atoms with Crippen molar-refractivity contribution in [3.63, 3.8) is 0 Å². The lowest BCUT2D eigenvalue weighted by molar-refractivity contribution is 0.0112. The predicted molar refractivity (Wildman–Crippen MR) is 50.0 cm³/mol. The van der Waals surface area contributed by atoms with Gasteiger partial charge in [0.25, 0.3) is 0 Å². The minimum atomic E-state index is -3.86. The number of hydrogen-bond acceptors (Lipinski definition) is 7. The maximum atomic E-state index is 9.47. The summed E-state index contributed by atoms with van der Waals surface area (Å²) in [6.45, 7) is 1.24. The van der Waals surface area contributed by atoms with Crippen LogP contribution in [0.15, 0.2) is 0 Å². The van der Waals surface area contributed by atoms with E-state index in [0.29, 0.717) is 0 Å². The normalized spacial score (nSPS) is 17.1. The zero-order valence-electron chi connectivity index (χ0n) is 8.04. The number of aliphatic hydroxyl groups is 2. The van der Waals surface area contributed by atoms with Crippen molar-refractivity contribution in [2.45, 2.75) is 19.2 Å². The minimum absolute atomic E-state index is 0.488. The van der Waals surface area contributed by atoms with Gasteiger partial charge in [-0.2, -0.15) is 0 Å². The zero-order chi connectivity index (χ0) is 11.4. The molecule has 0 aliphatic rings. The van der Waals surface area contributed by atoms with Crippen molar-refractivity contribution in [2.24, 2.45) is 0 Å². The van der Waals surface area contributed by atoms with Crippen LogP contribution >= 0.6 is 0 Å². The number of rotatable bonds is 6. The quantitative estimate of drug-likeness (QED) is 0.327.